The second-order valence-electron chi connectivity index (χ2n) is 7.21. The smallest absolute Gasteiger partial charge is 0.157 e. The first-order valence-electron chi connectivity index (χ1n) is 9.53. The maximum Gasteiger partial charge on any atom is 0.157 e. The van der Waals surface area contributed by atoms with Crippen molar-refractivity contribution in [2.75, 3.05) is 11.9 Å². The van der Waals surface area contributed by atoms with Gasteiger partial charge >= 0.3 is 0 Å². The van der Waals surface area contributed by atoms with Crippen molar-refractivity contribution in [2.45, 2.75) is 32.7 Å². The molecule has 0 amide bonds. The molecule has 3 heterocycles. The Kier molecular flexibility index (Phi) is 5.02. The molecular weight excluding hydrogens is 352 g/mol. The van der Waals surface area contributed by atoms with E-state index in [-0.39, 0.29) is 0 Å². The van der Waals surface area contributed by atoms with E-state index in [4.69, 9.17) is 5.10 Å². The summed E-state index contributed by atoms with van der Waals surface area (Å²) in [6, 6.07) is 8.24. The third kappa shape index (κ3) is 3.58. The van der Waals surface area contributed by atoms with Crippen molar-refractivity contribution in [1.82, 2.24) is 24.5 Å². The van der Waals surface area contributed by atoms with Gasteiger partial charge in [0, 0.05) is 55.3 Å². The Morgan fingerprint density at radius 2 is 2.21 bits per heavy atom. The van der Waals surface area contributed by atoms with Crippen LogP contribution in [-0.4, -0.2) is 42.3 Å². The number of nitrogens with zero attached hydrogens (tertiary/aromatic N) is 5. The van der Waals surface area contributed by atoms with Crippen molar-refractivity contribution in [1.29, 1.82) is 0 Å². The third-order valence-corrected chi connectivity index (χ3v) is 5.16. The highest BCUT2D eigenvalue weighted by atomic mass is 16.3. The Morgan fingerprint density at radius 1 is 1.36 bits per heavy atom. The van der Waals surface area contributed by atoms with Crippen LogP contribution in [0.25, 0.3) is 11.1 Å². The summed E-state index contributed by atoms with van der Waals surface area (Å²) in [5.74, 6) is 0.838. The minimum atomic E-state index is -0.474. The van der Waals surface area contributed by atoms with Crippen molar-refractivity contribution in [3.05, 3.63) is 60.6 Å². The van der Waals surface area contributed by atoms with Gasteiger partial charge in [-0.3, -0.25) is 14.3 Å². The molecule has 0 bridgehead atoms. The van der Waals surface area contributed by atoms with Crippen LogP contribution in [-0.2, 0) is 26.6 Å². The number of hydrogen-bond donors (Lipinski definition) is 2. The molecule has 1 aliphatic heterocycles. The minimum absolute atomic E-state index is 0.474. The summed E-state index contributed by atoms with van der Waals surface area (Å²) < 4.78 is 3.81. The molecule has 0 fully saturated rings. The van der Waals surface area contributed by atoms with Crippen molar-refractivity contribution in [3.63, 3.8) is 0 Å². The van der Waals surface area contributed by atoms with Gasteiger partial charge in [-0.1, -0.05) is 18.2 Å². The summed E-state index contributed by atoms with van der Waals surface area (Å²) in [6.07, 6.45) is 6.11. The zero-order chi connectivity index (χ0) is 19.7. The Labute approximate surface area is 164 Å². The fourth-order valence-electron chi connectivity index (χ4n) is 3.69. The number of allylic oxidation sites excluding steroid dienone is 1. The van der Waals surface area contributed by atoms with Crippen LogP contribution in [0, 0.1) is 0 Å². The molecule has 4 rings (SSSR count). The molecule has 1 atom stereocenters. The monoisotopic (exact) mass is 378 g/mol. The lowest BCUT2D eigenvalue weighted by Gasteiger charge is -2.29. The molecule has 7 heteroatoms. The molecule has 28 heavy (non-hydrogen) atoms. The quantitative estimate of drug-likeness (QED) is 0.646. The largest absolute Gasteiger partial charge is 0.379 e. The number of nitrogens with one attached hydrogen (secondary N) is 1. The van der Waals surface area contributed by atoms with Crippen molar-refractivity contribution >= 4 is 11.5 Å². The van der Waals surface area contributed by atoms with Crippen molar-refractivity contribution < 1.29 is 5.11 Å². The summed E-state index contributed by atoms with van der Waals surface area (Å²) in [6.45, 7) is 7.83. The van der Waals surface area contributed by atoms with Gasteiger partial charge in [-0.2, -0.15) is 10.2 Å². The lowest BCUT2D eigenvalue weighted by Crippen LogP contribution is -2.37. The van der Waals surface area contributed by atoms with Crippen LogP contribution in [0.1, 0.15) is 18.2 Å². The second kappa shape index (κ2) is 7.61. The van der Waals surface area contributed by atoms with E-state index >= 15 is 0 Å². The molecule has 146 valence electrons. The topological polar surface area (TPSA) is 71.1 Å². The number of fused-ring (bicyclic) bond motifs is 1. The Balaban J connectivity index is 1.66. The van der Waals surface area contributed by atoms with Gasteiger partial charge in [0.1, 0.15) is 6.23 Å². The molecule has 0 spiro atoms. The lowest BCUT2D eigenvalue weighted by molar-refractivity contribution is 0.00885. The molecule has 1 unspecified atom stereocenters. The van der Waals surface area contributed by atoms with Crippen LogP contribution in [0.2, 0.25) is 0 Å². The van der Waals surface area contributed by atoms with Gasteiger partial charge in [0.2, 0.25) is 0 Å². The molecule has 1 aromatic carbocycles. The van der Waals surface area contributed by atoms with Crippen LogP contribution >= 0.6 is 0 Å². The summed E-state index contributed by atoms with van der Waals surface area (Å²) >= 11 is 0. The zero-order valence-corrected chi connectivity index (χ0v) is 16.3. The van der Waals surface area contributed by atoms with Crippen LogP contribution in [0.3, 0.4) is 0 Å². The lowest BCUT2D eigenvalue weighted by atomic mass is 10.1. The Bertz CT molecular complexity index is 987. The number of benzene rings is 1. The Morgan fingerprint density at radius 3 is 2.93 bits per heavy atom. The van der Waals surface area contributed by atoms with Crippen molar-refractivity contribution in [3.8, 4) is 11.1 Å². The number of aliphatic hydroxyl groups is 1. The highest BCUT2D eigenvalue weighted by molar-refractivity contribution is 5.70. The van der Waals surface area contributed by atoms with Gasteiger partial charge in [-0.25, -0.2) is 0 Å². The zero-order valence-electron chi connectivity index (χ0n) is 16.3. The number of rotatable bonds is 6. The number of hydrogen-bond acceptors (Lipinski definition) is 5. The first-order valence-corrected chi connectivity index (χ1v) is 9.53. The number of aromatic nitrogens is 4. The molecular formula is C21H26N6O. The standard InChI is InChI=1S/C21H26N6O/c1-4-9-27-20-8-10-26(15(2)28)14-19(20)21(24-27)23-18-7-5-6-16(11-18)17-12-22-25(3)13-17/h4-7,11-13,15,28H,1,8-10,14H2,2-3H3,(H,23,24). The van der Waals surface area contributed by atoms with Gasteiger partial charge < -0.3 is 10.4 Å². The highest BCUT2D eigenvalue weighted by Gasteiger charge is 2.26. The molecule has 0 saturated carbocycles. The van der Waals surface area contributed by atoms with Gasteiger partial charge in [-0.15, -0.1) is 6.58 Å². The average molecular weight is 378 g/mol. The normalized spacial score (nSPS) is 15.2. The Hall–Kier alpha value is -2.90. The van der Waals surface area contributed by atoms with E-state index in [1.54, 1.807) is 4.68 Å². The van der Waals surface area contributed by atoms with E-state index in [9.17, 15) is 5.11 Å². The van der Waals surface area contributed by atoms with E-state index in [1.165, 1.54) is 5.69 Å². The van der Waals surface area contributed by atoms with E-state index in [0.717, 1.165) is 41.2 Å². The average Bonchev–Trinajstić information content (AvgIpc) is 3.26. The number of anilines is 2. The van der Waals surface area contributed by atoms with Gasteiger partial charge in [0.25, 0.3) is 0 Å². The first-order chi connectivity index (χ1) is 13.5. The third-order valence-electron chi connectivity index (χ3n) is 5.16. The number of aliphatic hydroxyl groups excluding tert-OH is 1. The maximum absolute atomic E-state index is 10.0. The van der Waals surface area contributed by atoms with Crippen molar-refractivity contribution in [2.24, 2.45) is 7.05 Å². The molecule has 0 aliphatic carbocycles. The van der Waals surface area contributed by atoms with Gasteiger partial charge in [0.05, 0.1) is 12.7 Å². The predicted octanol–water partition coefficient (Wildman–Crippen LogP) is 2.91. The SMILES string of the molecule is C=CCn1nc(Nc2cccc(-c3cnn(C)c3)c2)c2c1CCN(C(C)O)C2. The summed E-state index contributed by atoms with van der Waals surface area (Å²) in [5, 5.41) is 22.5. The molecule has 2 N–H and O–H groups in total. The second-order valence-corrected chi connectivity index (χ2v) is 7.21. The molecule has 2 aromatic heterocycles. The van der Waals surface area contributed by atoms with Gasteiger partial charge in [-0.05, 0) is 24.6 Å². The number of aryl methyl sites for hydroxylation is 1. The summed E-state index contributed by atoms with van der Waals surface area (Å²) in [5.41, 5.74) is 5.50. The van der Waals surface area contributed by atoms with E-state index < -0.39 is 6.23 Å². The van der Waals surface area contributed by atoms with Crippen LogP contribution in [0.15, 0.2) is 49.3 Å². The van der Waals surface area contributed by atoms with Crippen LogP contribution in [0.5, 0.6) is 0 Å². The maximum atomic E-state index is 10.0. The molecule has 0 saturated heterocycles. The molecule has 0 radical (unpaired) electrons. The van der Waals surface area contributed by atoms with E-state index in [2.05, 4.69) is 34.0 Å². The van der Waals surface area contributed by atoms with Crippen LogP contribution < -0.4 is 5.32 Å². The van der Waals surface area contributed by atoms with Crippen LogP contribution in [0.4, 0.5) is 11.5 Å². The summed E-state index contributed by atoms with van der Waals surface area (Å²) in [7, 11) is 1.91. The predicted molar refractivity (Wildman–Crippen MR) is 110 cm³/mol. The molecule has 1 aliphatic rings. The first kappa shape index (κ1) is 18.5. The minimum Gasteiger partial charge on any atom is -0.379 e. The highest BCUT2D eigenvalue weighted by Crippen LogP contribution is 2.30. The van der Waals surface area contributed by atoms with Gasteiger partial charge in [0.15, 0.2) is 5.82 Å². The fraction of sp³-hybridized carbons (Fsp3) is 0.333. The molecule has 7 nitrogen and oxygen atoms in total. The van der Waals surface area contributed by atoms with E-state index in [1.807, 2.05) is 49.3 Å². The summed E-state index contributed by atoms with van der Waals surface area (Å²) in [4.78, 5) is 2.06. The fourth-order valence-corrected chi connectivity index (χ4v) is 3.69. The van der Waals surface area contributed by atoms with E-state index in [0.29, 0.717) is 13.1 Å². The molecule has 3 aromatic rings.